The van der Waals surface area contributed by atoms with E-state index in [-0.39, 0.29) is 17.5 Å². The second-order valence-corrected chi connectivity index (χ2v) is 8.97. The molecule has 1 aromatic carbocycles. The molecule has 3 aromatic rings. The summed E-state index contributed by atoms with van der Waals surface area (Å²) in [6.45, 7) is 1.87. The number of anilines is 1. The Morgan fingerprint density at radius 3 is 2.74 bits per heavy atom. The van der Waals surface area contributed by atoms with E-state index in [2.05, 4.69) is 26.2 Å². The van der Waals surface area contributed by atoms with Crippen LogP contribution in [0.1, 0.15) is 53.4 Å². The van der Waals surface area contributed by atoms with Gasteiger partial charge in [0.25, 0.3) is 11.5 Å². The van der Waals surface area contributed by atoms with Crippen molar-refractivity contribution in [2.45, 2.75) is 45.1 Å². The average molecular weight is 446 g/mol. The molecule has 0 spiro atoms. The van der Waals surface area contributed by atoms with Gasteiger partial charge in [0, 0.05) is 15.4 Å². The molecule has 1 amide bonds. The molecule has 5 nitrogen and oxygen atoms in total. The third-order valence-electron chi connectivity index (χ3n) is 5.12. The van der Waals surface area contributed by atoms with Crippen molar-refractivity contribution in [1.82, 2.24) is 9.55 Å². The standard InChI is InChI=1S/C20H20BrN3O2S/c1-12-16(19(25)23-15-10-6-5-9-14(15)21)17-18(27-12)20(26)24(11-22-17)13-7-3-2-4-8-13/h5-6,9-11,13H,2-4,7-8H2,1H3,(H,23,25). The van der Waals surface area contributed by atoms with E-state index in [9.17, 15) is 9.59 Å². The van der Waals surface area contributed by atoms with Gasteiger partial charge in [0.15, 0.2) is 0 Å². The summed E-state index contributed by atoms with van der Waals surface area (Å²) in [7, 11) is 0. The number of carbonyl (C=O) groups is 1. The molecule has 1 fully saturated rings. The van der Waals surface area contributed by atoms with Gasteiger partial charge in [0.1, 0.15) is 10.2 Å². The highest BCUT2D eigenvalue weighted by atomic mass is 79.9. The van der Waals surface area contributed by atoms with E-state index >= 15 is 0 Å². The SMILES string of the molecule is Cc1sc2c(=O)n(C3CCCCC3)cnc2c1C(=O)Nc1ccccc1Br. The van der Waals surface area contributed by atoms with E-state index in [1.165, 1.54) is 17.8 Å². The van der Waals surface area contributed by atoms with Crippen LogP contribution in [0.25, 0.3) is 10.2 Å². The summed E-state index contributed by atoms with van der Waals surface area (Å²) in [6, 6.07) is 7.67. The maximum Gasteiger partial charge on any atom is 0.271 e. The minimum Gasteiger partial charge on any atom is -0.321 e. The molecule has 1 aliphatic carbocycles. The zero-order chi connectivity index (χ0) is 19.0. The van der Waals surface area contributed by atoms with Gasteiger partial charge < -0.3 is 5.32 Å². The highest BCUT2D eigenvalue weighted by Crippen LogP contribution is 2.31. The first-order chi connectivity index (χ1) is 13.1. The summed E-state index contributed by atoms with van der Waals surface area (Å²) >= 11 is 4.80. The zero-order valence-electron chi connectivity index (χ0n) is 15.0. The normalized spacial score (nSPS) is 15.2. The first-order valence-electron chi connectivity index (χ1n) is 9.12. The number of halogens is 1. The Morgan fingerprint density at radius 1 is 1.26 bits per heavy atom. The molecule has 7 heteroatoms. The maximum absolute atomic E-state index is 13.0. The molecular weight excluding hydrogens is 426 g/mol. The van der Waals surface area contributed by atoms with Gasteiger partial charge in [-0.25, -0.2) is 4.98 Å². The number of aromatic nitrogens is 2. The van der Waals surface area contributed by atoms with Crippen LogP contribution < -0.4 is 10.9 Å². The second kappa shape index (κ2) is 7.56. The highest BCUT2D eigenvalue weighted by Gasteiger charge is 2.23. The predicted octanol–water partition coefficient (Wildman–Crippen LogP) is 5.29. The van der Waals surface area contributed by atoms with Gasteiger partial charge in [0.2, 0.25) is 0 Å². The molecule has 0 unspecified atom stereocenters. The van der Waals surface area contributed by atoms with Crippen LogP contribution in [0.2, 0.25) is 0 Å². The van der Waals surface area contributed by atoms with Crippen molar-refractivity contribution in [3.63, 3.8) is 0 Å². The fourth-order valence-corrected chi connectivity index (χ4v) is 5.15. The predicted molar refractivity (Wildman–Crippen MR) is 113 cm³/mol. The molecular formula is C20H20BrN3O2S. The number of nitrogens with zero attached hydrogens (tertiary/aromatic N) is 2. The molecule has 2 aromatic heterocycles. The van der Waals surface area contributed by atoms with Crippen molar-refractivity contribution < 1.29 is 4.79 Å². The van der Waals surface area contributed by atoms with E-state index < -0.39 is 0 Å². The summed E-state index contributed by atoms with van der Waals surface area (Å²) in [5.41, 5.74) is 1.65. The molecule has 27 heavy (non-hydrogen) atoms. The lowest BCUT2D eigenvalue weighted by Gasteiger charge is -2.23. The summed E-state index contributed by atoms with van der Waals surface area (Å²) in [5, 5.41) is 2.92. The van der Waals surface area contributed by atoms with Gasteiger partial charge in [-0.15, -0.1) is 11.3 Å². The van der Waals surface area contributed by atoms with Crippen LogP contribution >= 0.6 is 27.3 Å². The molecule has 1 saturated carbocycles. The number of para-hydroxylation sites is 1. The fourth-order valence-electron chi connectivity index (χ4n) is 3.72. The molecule has 4 rings (SSSR count). The van der Waals surface area contributed by atoms with Crippen molar-refractivity contribution in [2.75, 3.05) is 5.32 Å². The number of amides is 1. The first kappa shape index (κ1) is 18.4. The lowest BCUT2D eigenvalue weighted by molar-refractivity contribution is 0.102. The number of fused-ring (bicyclic) bond motifs is 1. The van der Waals surface area contributed by atoms with Gasteiger partial charge in [-0.3, -0.25) is 14.2 Å². The largest absolute Gasteiger partial charge is 0.321 e. The quantitative estimate of drug-likeness (QED) is 0.595. The number of nitrogens with one attached hydrogen (secondary N) is 1. The molecule has 2 heterocycles. The molecule has 140 valence electrons. The minimum atomic E-state index is -0.243. The maximum atomic E-state index is 13.0. The van der Waals surface area contributed by atoms with Gasteiger partial charge in [-0.1, -0.05) is 31.4 Å². The number of rotatable bonds is 3. The van der Waals surface area contributed by atoms with Crippen LogP contribution in [0.3, 0.4) is 0 Å². The van der Waals surface area contributed by atoms with Crippen molar-refractivity contribution in [2.24, 2.45) is 0 Å². The third kappa shape index (κ3) is 3.46. The zero-order valence-corrected chi connectivity index (χ0v) is 17.4. The van der Waals surface area contributed by atoms with E-state index in [0.717, 1.165) is 35.0 Å². The number of aryl methyl sites for hydroxylation is 1. The van der Waals surface area contributed by atoms with E-state index in [4.69, 9.17) is 0 Å². The average Bonchev–Trinajstić information content (AvgIpc) is 3.01. The molecule has 0 aliphatic heterocycles. The van der Waals surface area contributed by atoms with Crippen molar-refractivity contribution in [1.29, 1.82) is 0 Å². The van der Waals surface area contributed by atoms with Gasteiger partial charge in [0.05, 0.1) is 17.6 Å². The van der Waals surface area contributed by atoms with Crippen LogP contribution in [-0.4, -0.2) is 15.5 Å². The van der Waals surface area contributed by atoms with Crippen LogP contribution in [-0.2, 0) is 0 Å². The first-order valence-corrected chi connectivity index (χ1v) is 10.7. The number of hydrogen-bond acceptors (Lipinski definition) is 4. The van der Waals surface area contributed by atoms with Crippen molar-refractivity contribution in [3.05, 3.63) is 55.9 Å². The molecule has 0 atom stereocenters. The smallest absolute Gasteiger partial charge is 0.271 e. The highest BCUT2D eigenvalue weighted by molar-refractivity contribution is 9.10. The lowest BCUT2D eigenvalue weighted by atomic mass is 9.95. The summed E-state index contributed by atoms with van der Waals surface area (Å²) in [5.74, 6) is -0.243. The Kier molecular flexibility index (Phi) is 5.14. The van der Waals surface area contributed by atoms with Crippen LogP contribution in [0, 0.1) is 6.92 Å². The Hall–Kier alpha value is -1.99. The number of hydrogen-bond donors (Lipinski definition) is 1. The Balaban J connectivity index is 1.73. The van der Waals surface area contributed by atoms with E-state index in [1.54, 1.807) is 10.9 Å². The number of benzene rings is 1. The molecule has 1 N–H and O–H groups in total. The summed E-state index contributed by atoms with van der Waals surface area (Å²) in [6.07, 6.45) is 7.20. The van der Waals surface area contributed by atoms with Gasteiger partial charge >= 0.3 is 0 Å². The monoisotopic (exact) mass is 445 g/mol. The van der Waals surface area contributed by atoms with Gasteiger partial charge in [-0.05, 0) is 47.8 Å². The third-order valence-corrected chi connectivity index (χ3v) is 6.89. The molecule has 1 aliphatic rings. The fraction of sp³-hybridized carbons (Fsp3) is 0.350. The second-order valence-electron chi connectivity index (χ2n) is 6.89. The Bertz CT molecular complexity index is 1070. The van der Waals surface area contributed by atoms with E-state index in [1.807, 2.05) is 31.2 Å². The number of carbonyl (C=O) groups excluding carboxylic acids is 1. The number of thiophene rings is 1. The van der Waals surface area contributed by atoms with Gasteiger partial charge in [-0.2, -0.15) is 0 Å². The van der Waals surface area contributed by atoms with Crippen molar-refractivity contribution in [3.8, 4) is 0 Å². The van der Waals surface area contributed by atoms with Crippen LogP contribution in [0.5, 0.6) is 0 Å². The van der Waals surface area contributed by atoms with Crippen LogP contribution in [0.4, 0.5) is 5.69 Å². The molecule has 0 bridgehead atoms. The molecule has 0 radical (unpaired) electrons. The van der Waals surface area contributed by atoms with E-state index in [0.29, 0.717) is 21.5 Å². The lowest BCUT2D eigenvalue weighted by Crippen LogP contribution is -2.26. The summed E-state index contributed by atoms with van der Waals surface area (Å²) < 4.78 is 3.15. The molecule has 0 saturated heterocycles. The minimum absolute atomic E-state index is 0.0278. The Morgan fingerprint density at radius 2 is 2.00 bits per heavy atom. The Labute approximate surface area is 169 Å². The van der Waals surface area contributed by atoms with Crippen molar-refractivity contribution >= 4 is 49.1 Å². The van der Waals surface area contributed by atoms with Crippen LogP contribution in [0.15, 0.2) is 39.9 Å². The topological polar surface area (TPSA) is 64.0 Å². The summed E-state index contributed by atoms with van der Waals surface area (Å²) in [4.78, 5) is 31.2.